The molecule has 0 spiro atoms. The number of carboxylic acid groups (broad SMARTS) is 1. The second-order valence-corrected chi connectivity index (χ2v) is 4.03. The molecule has 5 heteroatoms. The summed E-state index contributed by atoms with van der Waals surface area (Å²) in [6.07, 6.45) is 0. The Balaban J connectivity index is 2.43. The minimum Gasteiger partial charge on any atom is -0.481 e. The summed E-state index contributed by atoms with van der Waals surface area (Å²) in [5.74, 6) is -1.75. The van der Waals surface area contributed by atoms with E-state index in [0.717, 1.165) is 5.56 Å². The van der Waals surface area contributed by atoms with E-state index in [1.54, 1.807) is 13.0 Å². The van der Waals surface area contributed by atoms with Gasteiger partial charge in [-0.1, -0.05) is 24.6 Å². The third-order valence-corrected chi connectivity index (χ3v) is 2.47. The Hall–Kier alpha value is -1.13. The Labute approximate surface area is 98.2 Å². The van der Waals surface area contributed by atoms with Gasteiger partial charge >= 0.3 is 5.97 Å². The Morgan fingerprint density at radius 2 is 2.31 bits per heavy atom. The monoisotopic (exact) mass is 245 g/mol. The van der Waals surface area contributed by atoms with E-state index in [4.69, 9.17) is 16.7 Å². The van der Waals surface area contributed by atoms with Crippen LogP contribution >= 0.6 is 11.6 Å². The highest BCUT2D eigenvalue weighted by Gasteiger charge is 2.09. The van der Waals surface area contributed by atoms with Crippen LogP contribution in [0, 0.1) is 11.7 Å². The van der Waals surface area contributed by atoms with Gasteiger partial charge in [0.25, 0.3) is 0 Å². The number of nitrogens with one attached hydrogen (secondary N) is 1. The largest absolute Gasteiger partial charge is 0.481 e. The van der Waals surface area contributed by atoms with Gasteiger partial charge in [-0.15, -0.1) is 0 Å². The summed E-state index contributed by atoms with van der Waals surface area (Å²) < 4.78 is 12.8. The predicted molar refractivity (Wildman–Crippen MR) is 59.9 cm³/mol. The van der Waals surface area contributed by atoms with Crippen molar-refractivity contribution in [3.05, 3.63) is 34.6 Å². The van der Waals surface area contributed by atoms with Crippen LogP contribution in [-0.4, -0.2) is 17.6 Å². The Morgan fingerprint density at radius 1 is 1.62 bits per heavy atom. The summed E-state index contributed by atoms with van der Waals surface area (Å²) >= 11 is 5.61. The topological polar surface area (TPSA) is 49.3 Å². The van der Waals surface area contributed by atoms with Crippen LogP contribution in [0.15, 0.2) is 18.2 Å². The van der Waals surface area contributed by atoms with Crippen molar-refractivity contribution < 1.29 is 14.3 Å². The van der Waals surface area contributed by atoms with E-state index in [-0.39, 0.29) is 5.02 Å². The Bertz CT molecular complexity index is 384. The minimum atomic E-state index is -0.843. The highest BCUT2D eigenvalue weighted by Crippen LogP contribution is 2.15. The van der Waals surface area contributed by atoms with Crippen LogP contribution in [0.25, 0.3) is 0 Å². The van der Waals surface area contributed by atoms with Gasteiger partial charge in [0, 0.05) is 13.1 Å². The summed E-state index contributed by atoms with van der Waals surface area (Å²) in [6, 6.07) is 4.43. The van der Waals surface area contributed by atoms with Crippen LogP contribution in [-0.2, 0) is 11.3 Å². The minimum absolute atomic E-state index is 0.0746. The van der Waals surface area contributed by atoms with Crippen molar-refractivity contribution in [3.8, 4) is 0 Å². The zero-order valence-corrected chi connectivity index (χ0v) is 9.59. The molecule has 0 radical (unpaired) electrons. The van der Waals surface area contributed by atoms with Gasteiger partial charge in [-0.25, -0.2) is 4.39 Å². The lowest BCUT2D eigenvalue weighted by atomic mass is 10.1. The first kappa shape index (κ1) is 12.9. The lowest BCUT2D eigenvalue weighted by Gasteiger charge is -2.08. The lowest BCUT2D eigenvalue weighted by Crippen LogP contribution is -2.25. The number of benzene rings is 1. The number of halogens is 2. The van der Waals surface area contributed by atoms with Crippen molar-refractivity contribution in [3.63, 3.8) is 0 Å². The maximum absolute atomic E-state index is 12.8. The summed E-state index contributed by atoms with van der Waals surface area (Å²) in [4.78, 5) is 10.5. The van der Waals surface area contributed by atoms with Crippen LogP contribution < -0.4 is 5.32 Å². The van der Waals surface area contributed by atoms with Crippen LogP contribution in [0.2, 0.25) is 5.02 Å². The van der Waals surface area contributed by atoms with E-state index in [2.05, 4.69) is 5.32 Å². The Kier molecular flexibility index (Phi) is 4.71. The van der Waals surface area contributed by atoms with Gasteiger partial charge in [0.2, 0.25) is 0 Å². The average Bonchev–Trinajstić information content (AvgIpc) is 2.23. The number of aliphatic carboxylic acids is 1. The van der Waals surface area contributed by atoms with Gasteiger partial charge in [-0.3, -0.25) is 4.79 Å². The first-order valence-corrected chi connectivity index (χ1v) is 5.26. The normalized spacial score (nSPS) is 12.4. The highest BCUT2D eigenvalue weighted by molar-refractivity contribution is 6.30. The van der Waals surface area contributed by atoms with E-state index < -0.39 is 17.7 Å². The number of hydrogen-bond acceptors (Lipinski definition) is 2. The molecule has 0 aliphatic carbocycles. The van der Waals surface area contributed by atoms with E-state index in [1.807, 2.05) is 0 Å². The highest BCUT2D eigenvalue weighted by atomic mass is 35.5. The number of carboxylic acids is 1. The SMILES string of the molecule is CC(CNCc1ccc(F)c(Cl)c1)C(=O)O. The van der Waals surface area contributed by atoms with Gasteiger partial charge < -0.3 is 10.4 Å². The molecule has 1 atom stereocenters. The van der Waals surface area contributed by atoms with Crippen LogP contribution in [0.5, 0.6) is 0 Å². The molecule has 0 bridgehead atoms. The average molecular weight is 246 g/mol. The fraction of sp³-hybridized carbons (Fsp3) is 0.364. The van der Waals surface area contributed by atoms with Crippen LogP contribution in [0.4, 0.5) is 4.39 Å². The predicted octanol–water partition coefficient (Wildman–Crippen LogP) is 2.29. The fourth-order valence-electron chi connectivity index (χ4n) is 1.17. The summed E-state index contributed by atoms with van der Waals surface area (Å²) in [5, 5.41) is 11.7. The molecule has 88 valence electrons. The molecule has 16 heavy (non-hydrogen) atoms. The molecule has 0 aromatic heterocycles. The van der Waals surface area contributed by atoms with Crippen LogP contribution in [0.1, 0.15) is 12.5 Å². The number of rotatable bonds is 5. The molecule has 1 rings (SSSR count). The molecule has 3 nitrogen and oxygen atoms in total. The number of carbonyl (C=O) groups is 1. The Morgan fingerprint density at radius 3 is 2.88 bits per heavy atom. The second-order valence-electron chi connectivity index (χ2n) is 3.62. The quantitative estimate of drug-likeness (QED) is 0.837. The van der Waals surface area contributed by atoms with Gasteiger partial charge in [0.05, 0.1) is 10.9 Å². The molecule has 1 aromatic rings. The third-order valence-electron chi connectivity index (χ3n) is 2.19. The van der Waals surface area contributed by atoms with Gasteiger partial charge in [0.1, 0.15) is 5.82 Å². The van der Waals surface area contributed by atoms with E-state index in [0.29, 0.717) is 13.1 Å². The summed E-state index contributed by atoms with van der Waals surface area (Å²) in [5.41, 5.74) is 0.823. The smallest absolute Gasteiger partial charge is 0.307 e. The number of hydrogen-bond donors (Lipinski definition) is 2. The molecule has 0 amide bonds. The first-order valence-electron chi connectivity index (χ1n) is 4.88. The van der Waals surface area contributed by atoms with E-state index in [9.17, 15) is 9.18 Å². The van der Waals surface area contributed by atoms with E-state index in [1.165, 1.54) is 12.1 Å². The van der Waals surface area contributed by atoms with Crippen molar-refractivity contribution in [2.75, 3.05) is 6.54 Å². The molecular formula is C11H13ClFNO2. The zero-order valence-electron chi connectivity index (χ0n) is 8.84. The second kappa shape index (κ2) is 5.82. The van der Waals surface area contributed by atoms with Gasteiger partial charge in [-0.05, 0) is 17.7 Å². The van der Waals surface area contributed by atoms with E-state index >= 15 is 0 Å². The molecule has 0 fully saturated rings. The molecular weight excluding hydrogens is 233 g/mol. The molecule has 0 aliphatic rings. The maximum Gasteiger partial charge on any atom is 0.307 e. The first-order chi connectivity index (χ1) is 7.50. The fourth-order valence-corrected chi connectivity index (χ4v) is 1.37. The summed E-state index contributed by atoms with van der Waals surface area (Å²) in [7, 11) is 0. The molecule has 0 aliphatic heterocycles. The molecule has 0 saturated carbocycles. The van der Waals surface area contributed by atoms with Crippen molar-refractivity contribution >= 4 is 17.6 Å². The molecule has 0 heterocycles. The van der Waals surface area contributed by atoms with Crippen molar-refractivity contribution in [2.45, 2.75) is 13.5 Å². The third kappa shape index (κ3) is 3.79. The van der Waals surface area contributed by atoms with Crippen molar-refractivity contribution in [1.29, 1.82) is 0 Å². The molecule has 1 aromatic carbocycles. The maximum atomic E-state index is 12.8. The summed E-state index contributed by atoms with van der Waals surface area (Å²) in [6.45, 7) is 2.45. The van der Waals surface area contributed by atoms with Crippen LogP contribution in [0.3, 0.4) is 0 Å². The zero-order chi connectivity index (χ0) is 12.1. The van der Waals surface area contributed by atoms with Crippen molar-refractivity contribution in [2.24, 2.45) is 5.92 Å². The van der Waals surface area contributed by atoms with Gasteiger partial charge in [-0.2, -0.15) is 0 Å². The molecule has 2 N–H and O–H groups in total. The van der Waals surface area contributed by atoms with Gasteiger partial charge in [0.15, 0.2) is 0 Å². The standard InChI is InChI=1S/C11H13ClFNO2/c1-7(11(15)16)5-14-6-8-2-3-10(13)9(12)4-8/h2-4,7,14H,5-6H2,1H3,(H,15,16). The van der Waals surface area contributed by atoms with Crippen molar-refractivity contribution in [1.82, 2.24) is 5.32 Å². The lowest BCUT2D eigenvalue weighted by molar-refractivity contribution is -0.140. The molecule has 1 unspecified atom stereocenters. The molecule has 0 saturated heterocycles.